The fourth-order valence-electron chi connectivity index (χ4n) is 0.818. The molecule has 0 aromatic rings. The van der Waals surface area contributed by atoms with Crippen LogP contribution in [-0.4, -0.2) is 6.61 Å². The zero-order valence-electron chi connectivity index (χ0n) is 4.90. The molecule has 1 fully saturated rings. The highest BCUT2D eigenvalue weighted by molar-refractivity contribution is 4.90. The molecule has 1 heterocycles. The van der Waals surface area contributed by atoms with Crippen LogP contribution in [0.15, 0.2) is 0 Å². The van der Waals surface area contributed by atoms with Gasteiger partial charge in [0.15, 0.2) is 0 Å². The van der Waals surface area contributed by atoms with E-state index in [2.05, 4.69) is 13.8 Å². The van der Waals surface area contributed by atoms with Crippen molar-refractivity contribution in [2.24, 2.45) is 5.92 Å². The molecular weight excluding hydrogens is 88.1 g/mol. The minimum Gasteiger partial charge on any atom is -0.371 e. The van der Waals surface area contributed by atoms with Gasteiger partial charge in [0.25, 0.3) is 0 Å². The highest BCUT2D eigenvalue weighted by Gasteiger charge is 2.26. The highest BCUT2D eigenvalue weighted by Crippen LogP contribution is 2.29. The van der Waals surface area contributed by atoms with E-state index < -0.39 is 0 Å². The van der Waals surface area contributed by atoms with Crippen molar-refractivity contribution in [3.05, 3.63) is 6.10 Å². The van der Waals surface area contributed by atoms with Crippen LogP contribution in [0.3, 0.4) is 0 Å². The van der Waals surface area contributed by atoms with Crippen LogP contribution in [-0.2, 0) is 4.74 Å². The molecule has 0 N–H and O–H groups in total. The zero-order valence-corrected chi connectivity index (χ0v) is 4.90. The lowest BCUT2D eigenvalue weighted by Gasteiger charge is -2.31. The molecule has 0 aromatic carbocycles. The summed E-state index contributed by atoms with van der Waals surface area (Å²) in [5, 5.41) is 0. The van der Waals surface area contributed by atoms with Gasteiger partial charge in [-0.2, -0.15) is 0 Å². The third-order valence-corrected chi connectivity index (χ3v) is 1.42. The van der Waals surface area contributed by atoms with E-state index >= 15 is 0 Å². The van der Waals surface area contributed by atoms with E-state index in [4.69, 9.17) is 4.74 Å². The van der Waals surface area contributed by atoms with Crippen LogP contribution in [0.2, 0.25) is 0 Å². The Morgan fingerprint density at radius 2 is 2.57 bits per heavy atom. The van der Waals surface area contributed by atoms with E-state index in [1.54, 1.807) is 0 Å². The molecule has 0 aliphatic carbocycles. The van der Waals surface area contributed by atoms with Crippen LogP contribution in [0.5, 0.6) is 0 Å². The lowest BCUT2D eigenvalue weighted by atomic mass is 9.99. The van der Waals surface area contributed by atoms with E-state index in [0.29, 0.717) is 0 Å². The third kappa shape index (κ3) is 0.778. The van der Waals surface area contributed by atoms with Gasteiger partial charge in [0, 0.05) is 5.92 Å². The molecule has 0 bridgehead atoms. The predicted octanol–water partition coefficient (Wildman–Crippen LogP) is 1.59. The molecule has 41 valence electrons. The molecule has 1 saturated heterocycles. The molecule has 1 radical (unpaired) electrons. The molecule has 1 aliphatic rings. The molecule has 0 saturated carbocycles. The Morgan fingerprint density at radius 3 is 2.57 bits per heavy atom. The van der Waals surface area contributed by atoms with Crippen molar-refractivity contribution in [1.82, 2.24) is 0 Å². The average molecular weight is 99.2 g/mol. The summed E-state index contributed by atoms with van der Waals surface area (Å²) in [4.78, 5) is 0. The maximum atomic E-state index is 5.11. The second-order valence-corrected chi connectivity index (χ2v) is 2.03. The maximum Gasteiger partial charge on any atom is 0.102 e. The van der Waals surface area contributed by atoms with E-state index in [-0.39, 0.29) is 0 Å². The van der Waals surface area contributed by atoms with Gasteiger partial charge in [-0.1, -0.05) is 13.8 Å². The van der Waals surface area contributed by atoms with Crippen molar-refractivity contribution in [3.63, 3.8) is 0 Å². The Balaban J connectivity index is 2.16. The molecule has 1 unspecified atom stereocenters. The fourth-order valence-corrected chi connectivity index (χ4v) is 0.818. The van der Waals surface area contributed by atoms with Gasteiger partial charge < -0.3 is 4.74 Å². The SMILES string of the molecule is CC[C]1OCC1C. The standard InChI is InChI=1S/C6H11O/c1-3-6-5(2)4-7-6/h5H,3-4H2,1-2H3. The lowest BCUT2D eigenvalue weighted by Crippen LogP contribution is -2.28. The normalized spacial score (nSPS) is 32.6. The predicted molar refractivity (Wildman–Crippen MR) is 28.6 cm³/mol. The van der Waals surface area contributed by atoms with Gasteiger partial charge in [0.2, 0.25) is 0 Å². The Morgan fingerprint density at radius 1 is 1.86 bits per heavy atom. The largest absolute Gasteiger partial charge is 0.371 e. The first-order chi connectivity index (χ1) is 3.34. The van der Waals surface area contributed by atoms with Gasteiger partial charge in [-0.15, -0.1) is 0 Å². The molecular formula is C6H11O. The first kappa shape index (κ1) is 5.10. The smallest absolute Gasteiger partial charge is 0.102 e. The van der Waals surface area contributed by atoms with Gasteiger partial charge in [0.1, 0.15) is 6.10 Å². The van der Waals surface area contributed by atoms with Crippen LogP contribution in [0.25, 0.3) is 0 Å². The third-order valence-electron chi connectivity index (χ3n) is 1.42. The summed E-state index contributed by atoms with van der Waals surface area (Å²) >= 11 is 0. The summed E-state index contributed by atoms with van der Waals surface area (Å²) < 4.78 is 5.11. The second kappa shape index (κ2) is 1.83. The van der Waals surface area contributed by atoms with Crippen molar-refractivity contribution >= 4 is 0 Å². The molecule has 1 atom stereocenters. The van der Waals surface area contributed by atoms with Gasteiger partial charge in [-0.25, -0.2) is 0 Å². The van der Waals surface area contributed by atoms with E-state index in [9.17, 15) is 0 Å². The van der Waals surface area contributed by atoms with E-state index in [1.165, 1.54) is 6.10 Å². The topological polar surface area (TPSA) is 9.23 Å². The van der Waals surface area contributed by atoms with Crippen molar-refractivity contribution in [1.29, 1.82) is 0 Å². The highest BCUT2D eigenvalue weighted by atomic mass is 16.5. The molecule has 7 heavy (non-hydrogen) atoms. The van der Waals surface area contributed by atoms with Crippen LogP contribution < -0.4 is 0 Å². The molecule has 1 nitrogen and oxygen atoms in total. The summed E-state index contributed by atoms with van der Waals surface area (Å²) in [6.07, 6.45) is 2.38. The minimum absolute atomic E-state index is 0.741. The first-order valence-electron chi connectivity index (χ1n) is 2.83. The molecule has 0 amide bonds. The summed E-state index contributed by atoms with van der Waals surface area (Å²) in [7, 11) is 0. The van der Waals surface area contributed by atoms with Crippen molar-refractivity contribution in [3.8, 4) is 0 Å². The monoisotopic (exact) mass is 99.1 g/mol. The molecule has 0 spiro atoms. The quantitative estimate of drug-likeness (QED) is 0.485. The molecule has 0 aromatic heterocycles. The Hall–Kier alpha value is -0.0400. The molecule has 1 rings (SSSR count). The maximum absolute atomic E-state index is 5.11. The fraction of sp³-hybridized carbons (Fsp3) is 0.833. The Labute approximate surface area is 44.7 Å². The van der Waals surface area contributed by atoms with Gasteiger partial charge in [0.05, 0.1) is 6.61 Å². The summed E-state index contributed by atoms with van der Waals surface area (Å²) in [6, 6.07) is 0. The lowest BCUT2D eigenvalue weighted by molar-refractivity contribution is -0.0188. The zero-order chi connectivity index (χ0) is 5.28. The first-order valence-corrected chi connectivity index (χ1v) is 2.83. The Bertz CT molecular complexity index is 59.2. The van der Waals surface area contributed by atoms with Crippen LogP contribution in [0.1, 0.15) is 20.3 Å². The molecule has 1 aliphatic heterocycles. The van der Waals surface area contributed by atoms with E-state index in [0.717, 1.165) is 18.9 Å². The number of hydrogen-bond donors (Lipinski definition) is 0. The van der Waals surface area contributed by atoms with Crippen molar-refractivity contribution < 1.29 is 4.74 Å². The van der Waals surface area contributed by atoms with Crippen LogP contribution in [0.4, 0.5) is 0 Å². The van der Waals surface area contributed by atoms with Crippen molar-refractivity contribution in [2.75, 3.05) is 6.61 Å². The number of hydrogen-bond acceptors (Lipinski definition) is 1. The summed E-state index contributed by atoms with van der Waals surface area (Å²) in [6.45, 7) is 5.27. The second-order valence-electron chi connectivity index (χ2n) is 2.03. The summed E-state index contributed by atoms with van der Waals surface area (Å²) in [5.74, 6) is 0.741. The number of rotatable bonds is 1. The van der Waals surface area contributed by atoms with Gasteiger partial charge >= 0.3 is 0 Å². The number of ether oxygens (including phenoxy) is 1. The van der Waals surface area contributed by atoms with Gasteiger partial charge in [-0.05, 0) is 6.42 Å². The average Bonchev–Trinajstić information content (AvgIpc) is 1.65. The van der Waals surface area contributed by atoms with Crippen LogP contribution >= 0.6 is 0 Å². The minimum atomic E-state index is 0.741. The van der Waals surface area contributed by atoms with E-state index in [1.807, 2.05) is 0 Å². The Kier molecular flexibility index (Phi) is 1.33. The molecule has 1 heteroatoms. The summed E-state index contributed by atoms with van der Waals surface area (Å²) in [5.41, 5.74) is 0. The van der Waals surface area contributed by atoms with Crippen LogP contribution in [0, 0.1) is 12.0 Å². The van der Waals surface area contributed by atoms with Gasteiger partial charge in [-0.3, -0.25) is 0 Å². The van der Waals surface area contributed by atoms with Crippen molar-refractivity contribution in [2.45, 2.75) is 20.3 Å².